The first-order valence-electron chi connectivity index (χ1n) is 4.29. The Labute approximate surface area is 78.9 Å². The molecule has 0 spiro atoms. The van der Waals surface area contributed by atoms with Crippen LogP contribution in [0.25, 0.3) is 0 Å². The quantitative estimate of drug-likeness (QED) is 0.469. The number of hydrogen-bond acceptors (Lipinski definition) is 5. The summed E-state index contributed by atoms with van der Waals surface area (Å²) < 4.78 is 26.1. The summed E-state index contributed by atoms with van der Waals surface area (Å²) >= 11 is 0. The number of rotatable bonds is 5. The van der Waals surface area contributed by atoms with Crippen molar-refractivity contribution in [1.82, 2.24) is 10.9 Å². The smallest absolute Gasteiger partial charge is 0.264 e. The Bertz CT molecular complexity index is 252. The Morgan fingerprint density at radius 2 is 2.15 bits per heavy atom. The summed E-state index contributed by atoms with van der Waals surface area (Å²) in [5, 5.41) is 0. The van der Waals surface area contributed by atoms with E-state index in [0.717, 1.165) is 19.1 Å². The monoisotopic (exact) mass is 208 g/mol. The van der Waals surface area contributed by atoms with Crippen LogP contribution >= 0.6 is 0 Å². The van der Waals surface area contributed by atoms with Gasteiger partial charge in [0.1, 0.15) is 0 Å². The van der Waals surface area contributed by atoms with Gasteiger partial charge >= 0.3 is 0 Å². The van der Waals surface area contributed by atoms with Gasteiger partial charge in [-0.15, -0.1) is 0 Å². The molecule has 6 heteroatoms. The highest BCUT2D eigenvalue weighted by Crippen LogP contribution is 2.27. The molecule has 0 heterocycles. The van der Waals surface area contributed by atoms with Gasteiger partial charge in [0.2, 0.25) is 0 Å². The van der Waals surface area contributed by atoms with Crippen LogP contribution in [0.4, 0.5) is 0 Å². The first-order valence-corrected chi connectivity index (χ1v) is 6.11. The van der Waals surface area contributed by atoms with E-state index in [2.05, 4.69) is 10.9 Å². The van der Waals surface area contributed by atoms with Crippen LogP contribution in [0.3, 0.4) is 0 Å². The lowest BCUT2D eigenvalue weighted by Gasteiger charge is -2.36. The summed E-state index contributed by atoms with van der Waals surface area (Å²) in [6.07, 6.45) is 3.17. The molecule has 1 saturated carbocycles. The normalized spacial score (nSPS) is 28.5. The van der Waals surface area contributed by atoms with Crippen molar-refractivity contribution in [1.29, 1.82) is 0 Å². The maximum Gasteiger partial charge on any atom is 0.264 e. The lowest BCUT2D eigenvalue weighted by Crippen LogP contribution is -2.50. The highest BCUT2D eigenvalue weighted by molar-refractivity contribution is 7.85. The first kappa shape index (κ1) is 10.9. The van der Waals surface area contributed by atoms with E-state index < -0.39 is 10.1 Å². The van der Waals surface area contributed by atoms with E-state index in [1.165, 1.54) is 0 Å². The Morgan fingerprint density at radius 3 is 2.54 bits per heavy atom. The van der Waals surface area contributed by atoms with Crippen molar-refractivity contribution in [2.24, 2.45) is 5.92 Å². The number of nitrogens with one attached hydrogen (secondary N) is 2. The highest BCUT2D eigenvalue weighted by Gasteiger charge is 2.31. The molecule has 0 amide bonds. The third kappa shape index (κ3) is 3.60. The SMILES string of the molecule is CNNC1CCC1COS(C)(=O)=O. The first-order chi connectivity index (χ1) is 6.03. The van der Waals surface area contributed by atoms with Gasteiger partial charge in [-0.2, -0.15) is 8.42 Å². The highest BCUT2D eigenvalue weighted by atomic mass is 32.2. The van der Waals surface area contributed by atoms with E-state index in [1.807, 2.05) is 0 Å². The van der Waals surface area contributed by atoms with E-state index in [1.54, 1.807) is 7.05 Å². The third-order valence-electron chi connectivity index (χ3n) is 2.24. The Morgan fingerprint density at radius 1 is 1.46 bits per heavy atom. The minimum Gasteiger partial charge on any atom is -0.270 e. The molecule has 2 atom stereocenters. The van der Waals surface area contributed by atoms with Gasteiger partial charge in [-0.1, -0.05) is 0 Å². The molecule has 0 aromatic carbocycles. The standard InChI is InChI=1S/C7H16N2O3S/c1-8-9-7-4-3-6(7)5-12-13(2,10)11/h6-9H,3-5H2,1-2H3. The summed E-state index contributed by atoms with van der Waals surface area (Å²) in [6, 6.07) is 0.340. The largest absolute Gasteiger partial charge is 0.270 e. The summed E-state index contributed by atoms with van der Waals surface area (Å²) in [5.74, 6) is 0.308. The molecule has 0 aromatic heterocycles. The van der Waals surface area contributed by atoms with Crippen LogP contribution in [0.2, 0.25) is 0 Å². The Hall–Kier alpha value is -0.170. The van der Waals surface area contributed by atoms with Gasteiger partial charge in [0, 0.05) is 12.0 Å². The topological polar surface area (TPSA) is 67.4 Å². The van der Waals surface area contributed by atoms with Crippen LogP contribution in [-0.2, 0) is 14.3 Å². The molecule has 5 nitrogen and oxygen atoms in total. The average molecular weight is 208 g/mol. The maximum absolute atomic E-state index is 10.7. The van der Waals surface area contributed by atoms with Crippen LogP contribution < -0.4 is 10.9 Å². The van der Waals surface area contributed by atoms with Crippen LogP contribution in [-0.4, -0.2) is 34.4 Å². The maximum atomic E-state index is 10.7. The minimum absolute atomic E-state index is 0.290. The molecule has 1 aliphatic rings. The molecule has 1 rings (SSSR count). The van der Waals surface area contributed by atoms with Crippen molar-refractivity contribution in [2.45, 2.75) is 18.9 Å². The molecule has 2 unspecified atom stereocenters. The van der Waals surface area contributed by atoms with Crippen LogP contribution in [0, 0.1) is 5.92 Å². The molecular weight excluding hydrogens is 192 g/mol. The van der Waals surface area contributed by atoms with E-state index in [-0.39, 0.29) is 6.61 Å². The number of hydrazine groups is 1. The lowest BCUT2D eigenvalue weighted by molar-refractivity contribution is 0.126. The zero-order valence-electron chi connectivity index (χ0n) is 7.91. The molecule has 13 heavy (non-hydrogen) atoms. The second-order valence-corrected chi connectivity index (χ2v) is 4.97. The van der Waals surface area contributed by atoms with Gasteiger partial charge in [0.25, 0.3) is 10.1 Å². The van der Waals surface area contributed by atoms with E-state index in [9.17, 15) is 8.42 Å². The molecular formula is C7H16N2O3S. The van der Waals surface area contributed by atoms with Crippen molar-refractivity contribution < 1.29 is 12.6 Å². The molecule has 1 fully saturated rings. The van der Waals surface area contributed by atoms with Gasteiger partial charge in [0.05, 0.1) is 12.9 Å². The van der Waals surface area contributed by atoms with Gasteiger partial charge in [0.15, 0.2) is 0 Å². The molecule has 0 radical (unpaired) electrons. The minimum atomic E-state index is -3.28. The average Bonchev–Trinajstić information content (AvgIpc) is 1.96. The zero-order chi connectivity index (χ0) is 9.90. The fourth-order valence-corrected chi connectivity index (χ4v) is 1.78. The zero-order valence-corrected chi connectivity index (χ0v) is 8.73. The summed E-state index contributed by atoms with van der Waals surface area (Å²) in [6.45, 7) is 0.290. The van der Waals surface area contributed by atoms with Crippen LogP contribution in [0.1, 0.15) is 12.8 Å². The van der Waals surface area contributed by atoms with E-state index in [4.69, 9.17) is 4.18 Å². The molecule has 0 aliphatic heterocycles. The van der Waals surface area contributed by atoms with Crippen molar-refractivity contribution in [2.75, 3.05) is 19.9 Å². The number of hydrogen-bond donors (Lipinski definition) is 2. The van der Waals surface area contributed by atoms with Crippen LogP contribution in [0.5, 0.6) is 0 Å². The Kier molecular flexibility index (Phi) is 3.66. The summed E-state index contributed by atoms with van der Waals surface area (Å²) in [7, 11) is -1.48. The lowest BCUT2D eigenvalue weighted by atomic mass is 9.81. The molecule has 0 saturated heterocycles. The molecule has 0 aromatic rings. The Balaban J connectivity index is 2.23. The summed E-state index contributed by atoms with van der Waals surface area (Å²) in [4.78, 5) is 0. The second kappa shape index (κ2) is 4.36. The molecule has 78 valence electrons. The fraction of sp³-hybridized carbons (Fsp3) is 1.00. The van der Waals surface area contributed by atoms with Crippen molar-refractivity contribution in [3.63, 3.8) is 0 Å². The van der Waals surface area contributed by atoms with Gasteiger partial charge < -0.3 is 0 Å². The van der Waals surface area contributed by atoms with E-state index in [0.29, 0.717) is 12.0 Å². The van der Waals surface area contributed by atoms with Crippen molar-refractivity contribution in [3.05, 3.63) is 0 Å². The fourth-order valence-electron chi connectivity index (χ4n) is 1.35. The second-order valence-electron chi connectivity index (χ2n) is 3.33. The van der Waals surface area contributed by atoms with Gasteiger partial charge in [-0.3, -0.25) is 15.0 Å². The predicted octanol–water partition coefficient (Wildman–Crippen LogP) is -0.535. The predicted molar refractivity (Wildman–Crippen MR) is 49.5 cm³/mol. The van der Waals surface area contributed by atoms with Gasteiger partial charge in [-0.05, 0) is 19.9 Å². The molecule has 1 aliphatic carbocycles. The van der Waals surface area contributed by atoms with Gasteiger partial charge in [-0.25, -0.2) is 0 Å². The van der Waals surface area contributed by atoms with Crippen molar-refractivity contribution >= 4 is 10.1 Å². The summed E-state index contributed by atoms with van der Waals surface area (Å²) in [5.41, 5.74) is 5.89. The molecule has 0 bridgehead atoms. The molecule has 2 N–H and O–H groups in total. The van der Waals surface area contributed by atoms with E-state index >= 15 is 0 Å². The van der Waals surface area contributed by atoms with Crippen molar-refractivity contribution in [3.8, 4) is 0 Å². The van der Waals surface area contributed by atoms with Crippen LogP contribution in [0.15, 0.2) is 0 Å². The third-order valence-corrected chi connectivity index (χ3v) is 2.81.